The van der Waals surface area contributed by atoms with Crippen LogP contribution in [0.15, 0.2) is 4.99 Å². The summed E-state index contributed by atoms with van der Waals surface area (Å²) in [6, 6.07) is 0.636. The van der Waals surface area contributed by atoms with Crippen LogP contribution in [0.4, 0.5) is 0 Å². The SMILES string of the molecule is CCCC1CC1NC(=NCCCOCC1CCOC1)NCC.I. The summed E-state index contributed by atoms with van der Waals surface area (Å²) in [7, 11) is 0. The first-order valence-electron chi connectivity index (χ1n) is 9.03. The fraction of sp³-hybridized carbons (Fsp3) is 0.941. The summed E-state index contributed by atoms with van der Waals surface area (Å²) < 4.78 is 11.1. The monoisotopic (exact) mass is 439 g/mol. The van der Waals surface area contributed by atoms with Gasteiger partial charge < -0.3 is 20.1 Å². The Morgan fingerprint density at radius 3 is 2.91 bits per heavy atom. The van der Waals surface area contributed by atoms with Crippen molar-refractivity contribution in [1.82, 2.24) is 10.6 Å². The lowest BCUT2D eigenvalue weighted by atomic mass is 10.1. The van der Waals surface area contributed by atoms with E-state index in [2.05, 4.69) is 29.5 Å². The Bertz CT molecular complexity index is 336. The zero-order valence-electron chi connectivity index (χ0n) is 14.7. The molecule has 2 fully saturated rings. The quantitative estimate of drug-likeness (QED) is 0.238. The van der Waals surface area contributed by atoms with E-state index in [4.69, 9.17) is 9.47 Å². The van der Waals surface area contributed by atoms with Crippen LogP contribution in [0.1, 0.15) is 46.0 Å². The van der Waals surface area contributed by atoms with Gasteiger partial charge in [-0.3, -0.25) is 4.99 Å². The second-order valence-corrected chi connectivity index (χ2v) is 6.45. The molecular weight excluding hydrogens is 405 g/mol. The number of halogens is 1. The van der Waals surface area contributed by atoms with E-state index >= 15 is 0 Å². The van der Waals surface area contributed by atoms with Gasteiger partial charge in [0.15, 0.2) is 5.96 Å². The molecule has 1 heterocycles. The first-order chi connectivity index (χ1) is 10.8. The van der Waals surface area contributed by atoms with Crippen LogP contribution in [0.3, 0.4) is 0 Å². The van der Waals surface area contributed by atoms with Crippen molar-refractivity contribution in [3.63, 3.8) is 0 Å². The van der Waals surface area contributed by atoms with E-state index in [1.54, 1.807) is 0 Å². The molecule has 0 spiro atoms. The average Bonchev–Trinajstić information content (AvgIpc) is 3.02. The molecule has 0 bridgehead atoms. The van der Waals surface area contributed by atoms with Gasteiger partial charge in [0.05, 0.1) is 13.2 Å². The maximum absolute atomic E-state index is 5.71. The van der Waals surface area contributed by atoms with E-state index < -0.39 is 0 Å². The number of hydrogen-bond donors (Lipinski definition) is 2. The van der Waals surface area contributed by atoms with Crippen molar-refractivity contribution in [2.24, 2.45) is 16.8 Å². The Labute approximate surface area is 158 Å². The molecule has 136 valence electrons. The smallest absolute Gasteiger partial charge is 0.191 e. The summed E-state index contributed by atoms with van der Waals surface area (Å²) in [6.07, 6.45) is 6.03. The van der Waals surface area contributed by atoms with Crippen molar-refractivity contribution < 1.29 is 9.47 Å². The summed E-state index contributed by atoms with van der Waals surface area (Å²) in [4.78, 5) is 4.65. The maximum Gasteiger partial charge on any atom is 0.191 e. The molecule has 23 heavy (non-hydrogen) atoms. The van der Waals surface area contributed by atoms with Crippen LogP contribution in [0, 0.1) is 11.8 Å². The molecule has 2 aliphatic rings. The number of nitrogens with one attached hydrogen (secondary N) is 2. The third kappa shape index (κ3) is 8.54. The average molecular weight is 439 g/mol. The highest BCUT2D eigenvalue weighted by Gasteiger charge is 2.36. The lowest BCUT2D eigenvalue weighted by Crippen LogP contribution is -2.39. The summed E-state index contributed by atoms with van der Waals surface area (Å²) in [5.41, 5.74) is 0. The molecule has 1 saturated carbocycles. The molecule has 2 rings (SSSR count). The van der Waals surface area contributed by atoms with Crippen molar-refractivity contribution in [3.05, 3.63) is 0 Å². The summed E-state index contributed by atoms with van der Waals surface area (Å²) in [5.74, 6) is 2.42. The molecule has 0 aromatic heterocycles. The largest absolute Gasteiger partial charge is 0.381 e. The Morgan fingerprint density at radius 2 is 2.22 bits per heavy atom. The number of aliphatic imine (C=N–C) groups is 1. The molecule has 6 heteroatoms. The number of nitrogens with zero attached hydrogens (tertiary/aromatic N) is 1. The zero-order valence-corrected chi connectivity index (χ0v) is 17.0. The van der Waals surface area contributed by atoms with Gasteiger partial charge in [-0.15, -0.1) is 24.0 Å². The van der Waals surface area contributed by atoms with E-state index in [9.17, 15) is 0 Å². The predicted octanol–water partition coefficient (Wildman–Crippen LogP) is 2.79. The lowest BCUT2D eigenvalue weighted by Gasteiger charge is -2.11. The minimum Gasteiger partial charge on any atom is -0.381 e. The van der Waals surface area contributed by atoms with Crippen LogP contribution in [-0.2, 0) is 9.47 Å². The van der Waals surface area contributed by atoms with Crippen LogP contribution >= 0.6 is 24.0 Å². The highest BCUT2D eigenvalue weighted by Crippen LogP contribution is 2.34. The molecular formula is C17H34IN3O2. The third-order valence-corrected chi connectivity index (χ3v) is 4.34. The van der Waals surface area contributed by atoms with Gasteiger partial charge in [0.1, 0.15) is 0 Å². The van der Waals surface area contributed by atoms with Crippen LogP contribution in [0.5, 0.6) is 0 Å². The predicted molar refractivity (Wildman–Crippen MR) is 106 cm³/mol. The van der Waals surface area contributed by atoms with E-state index in [1.807, 2.05) is 0 Å². The first-order valence-corrected chi connectivity index (χ1v) is 9.03. The van der Waals surface area contributed by atoms with Crippen LogP contribution in [-0.4, -0.2) is 51.5 Å². The van der Waals surface area contributed by atoms with E-state index in [0.717, 1.165) is 64.2 Å². The van der Waals surface area contributed by atoms with E-state index in [0.29, 0.717) is 12.0 Å². The topological polar surface area (TPSA) is 54.9 Å². The molecule has 0 amide bonds. The fourth-order valence-corrected chi connectivity index (χ4v) is 2.93. The molecule has 0 aromatic carbocycles. The Hall–Kier alpha value is -0.0800. The fourth-order valence-electron chi connectivity index (χ4n) is 2.93. The minimum absolute atomic E-state index is 0. The van der Waals surface area contributed by atoms with E-state index in [1.165, 1.54) is 19.3 Å². The zero-order chi connectivity index (χ0) is 15.6. The normalized spacial score (nSPS) is 26.7. The molecule has 3 unspecified atom stereocenters. The number of ether oxygens (including phenoxy) is 2. The maximum atomic E-state index is 5.71. The number of rotatable bonds is 10. The molecule has 3 atom stereocenters. The van der Waals surface area contributed by atoms with Gasteiger partial charge in [-0.25, -0.2) is 0 Å². The van der Waals surface area contributed by atoms with E-state index in [-0.39, 0.29) is 24.0 Å². The van der Waals surface area contributed by atoms with Crippen LogP contribution in [0.25, 0.3) is 0 Å². The standard InChI is InChI=1S/C17H33N3O2.HI/c1-3-6-15-11-16(15)20-17(18-4-2)19-8-5-9-21-12-14-7-10-22-13-14;/h14-16H,3-13H2,1-2H3,(H2,18,19,20);1H. The van der Waals surface area contributed by atoms with Crippen molar-refractivity contribution >= 4 is 29.9 Å². The minimum atomic E-state index is 0. The van der Waals surface area contributed by atoms with Crippen molar-refractivity contribution in [1.29, 1.82) is 0 Å². The molecule has 1 aliphatic carbocycles. The number of guanidine groups is 1. The van der Waals surface area contributed by atoms with Crippen LogP contribution in [0.2, 0.25) is 0 Å². The Balaban J connectivity index is 0.00000264. The summed E-state index contributed by atoms with van der Waals surface area (Å²) in [5, 5.41) is 6.88. The summed E-state index contributed by atoms with van der Waals surface area (Å²) >= 11 is 0. The number of hydrogen-bond acceptors (Lipinski definition) is 3. The van der Waals surface area contributed by atoms with Gasteiger partial charge in [0.25, 0.3) is 0 Å². The van der Waals surface area contributed by atoms with Crippen molar-refractivity contribution in [2.45, 2.75) is 52.0 Å². The van der Waals surface area contributed by atoms with Gasteiger partial charge in [-0.1, -0.05) is 13.3 Å². The van der Waals surface area contributed by atoms with Gasteiger partial charge in [-0.05, 0) is 38.5 Å². The third-order valence-electron chi connectivity index (χ3n) is 4.34. The molecule has 0 radical (unpaired) electrons. The van der Waals surface area contributed by atoms with Gasteiger partial charge in [0.2, 0.25) is 0 Å². The lowest BCUT2D eigenvalue weighted by molar-refractivity contribution is 0.0893. The second-order valence-electron chi connectivity index (χ2n) is 6.45. The van der Waals surface area contributed by atoms with Gasteiger partial charge in [-0.2, -0.15) is 0 Å². The first kappa shape index (κ1) is 21.0. The molecule has 1 aliphatic heterocycles. The van der Waals surface area contributed by atoms with Gasteiger partial charge >= 0.3 is 0 Å². The highest BCUT2D eigenvalue weighted by molar-refractivity contribution is 14.0. The van der Waals surface area contributed by atoms with Crippen molar-refractivity contribution in [2.75, 3.05) is 39.5 Å². The van der Waals surface area contributed by atoms with Gasteiger partial charge in [0, 0.05) is 38.3 Å². The molecule has 1 saturated heterocycles. The molecule has 2 N–H and O–H groups in total. The molecule has 0 aromatic rings. The van der Waals surface area contributed by atoms with Crippen LogP contribution < -0.4 is 10.6 Å². The second kappa shape index (κ2) is 12.3. The Kier molecular flexibility index (Phi) is 11.2. The highest BCUT2D eigenvalue weighted by atomic mass is 127. The summed E-state index contributed by atoms with van der Waals surface area (Å²) in [6.45, 7) is 9.50. The molecule has 5 nitrogen and oxygen atoms in total. The van der Waals surface area contributed by atoms with Crippen molar-refractivity contribution in [3.8, 4) is 0 Å². The Morgan fingerprint density at radius 1 is 1.35 bits per heavy atom.